The maximum Gasteiger partial charge on any atom is 0.278 e. The monoisotopic (exact) mass is 332 g/mol. The third-order valence-electron chi connectivity index (χ3n) is 4.90. The van der Waals surface area contributed by atoms with Crippen molar-refractivity contribution in [3.05, 3.63) is 16.7 Å². The number of rotatable bonds is 5. The van der Waals surface area contributed by atoms with E-state index in [4.69, 9.17) is 0 Å². The first kappa shape index (κ1) is 16.6. The molecule has 0 bridgehead atoms. The summed E-state index contributed by atoms with van der Waals surface area (Å²) < 4.78 is 0. The smallest absolute Gasteiger partial charge is 0.278 e. The van der Waals surface area contributed by atoms with E-state index in [0.717, 1.165) is 48.8 Å². The summed E-state index contributed by atoms with van der Waals surface area (Å²) in [7, 11) is 4.36. The fourth-order valence-corrected chi connectivity index (χ4v) is 4.82. The molecule has 4 nitrogen and oxygen atoms in total. The van der Waals surface area contributed by atoms with Crippen LogP contribution in [-0.2, 0) is 12.8 Å². The van der Waals surface area contributed by atoms with Crippen molar-refractivity contribution in [1.29, 1.82) is 5.26 Å². The molecule has 3 rings (SSSR count). The number of nitriles is 1. The SMILES string of the molecule is C[NH+](C)CCSc1[nH+]c(N2CCCC2)c2c(c1C#N)CCCC2. The largest absolute Gasteiger partial charge is 0.339 e. The minimum absolute atomic E-state index is 0.918. The topological polar surface area (TPSA) is 45.6 Å². The zero-order valence-corrected chi connectivity index (χ0v) is 15.2. The molecule has 1 saturated heterocycles. The van der Waals surface area contributed by atoms with Crippen molar-refractivity contribution < 1.29 is 9.88 Å². The van der Waals surface area contributed by atoms with Crippen LogP contribution in [0.25, 0.3) is 0 Å². The second-order valence-corrected chi connectivity index (χ2v) is 8.06. The molecule has 1 fully saturated rings. The molecule has 2 heterocycles. The standard InChI is InChI=1S/C18H26N4S/c1-21(2)11-12-23-18-16(13-19)14-7-3-4-8-15(14)17(20-18)22-9-5-6-10-22/h3-12H2,1-2H3/p+2. The predicted molar refractivity (Wildman–Crippen MR) is 94.2 cm³/mol. The third-order valence-corrected chi connectivity index (χ3v) is 5.90. The Morgan fingerprint density at radius 1 is 1.13 bits per heavy atom. The highest BCUT2D eigenvalue weighted by molar-refractivity contribution is 7.99. The molecular formula is C18H28N4S+2. The molecule has 1 aromatic rings. The summed E-state index contributed by atoms with van der Waals surface area (Å²) in [5.74, 6) is 2.36. The highest BCUT2D eigenvalue weighted by Gasteiger charge is 2.31. The first-order valence-electron chi connectivity index (χ1n) is 8.88. The van der Waals surface area contributed by atoms with Crippen molar-refractivity contribution in [1.82, 2.24) is 0 Å². The second kappa shape index (κ2) is 7.55. The van der Waals surface area contributed by atoms with E-state index in [0.29, 0.717) is 0 Å². The van der Waals surface area contributed by atoms with Crippen molar-refractivity contribution in [3.8, 4) is 6.07 Å². The number of nitrogens with zero attached hydrogens (tertiary/aromatic N) is 2. The van der Waals surface area contributed by atoms with Gasteiger partial charge in [-0.05, 0) is 44.1 Å². The van der Waals surface area contributed by atoms with E-state index in [9.17, 15) is 5.26 Å². The lowest BCUT2D eigenvalue weighted by Gasteiger charge is -2.22. The molecule has 0 radical (unpaired) electrons. The highest BCUT2D eigenvalue weighted by Crippen LogP contribution is 2.34. The number of quaternary nitrogens is 1. The van der Waals surface area contributed by atoms with Crippen LogP contribution in [-0.4, -0.2) is 39.5 Å². The van der Waals surface area contributed by atoms with Crippen molar-refractivity contribution in [2.45, 2.75) is 43.6 Å². The quantitative estimate of drug-likeness (QED) is 0.821. The lowest BCUT2D eigenvalue weighted by molar-refractivity contribution is -0.855. The number of hydrogen-bond acceptors (Lipinski definition) is 3. The first-order valence-corrected chi connectivity index (χ1v) is 9.87. The van der Waals surface area contributed by atoms with Gasteiger partial charge in [-0.1, -0.05) is 11.8 Å². The van der Waals surface area contributed by atoms with Crippen LogP contribution >= 0.6 is 11.8 Å². The van der Waals surface area contributed by atoms with Crippen molar-refractivity contribution in [2.75, 3.05) is 44.4 Å². The van der Waals surface area contributed by atoms with Crippen molar-refractivity contribution in [3.63, 3.8) is 0 Å². The molecule has 0 amide bonds. The minimum atomic E-state index is 0.918. The number of aromatic amines is 1. The predicted octanol–water partition coefficient (Wildman–Crippen LogP) is 1.09. The normalized spacial score (nSPS) is 17.4. The molecule has 0 unspecified atom stereocenters. The van der Waals surface area contributed by atoms with Gasteiger partial charge in [0.15, 0.2) is 5.03 Å². The van der Waals surface area contributed by atoms with E-state index in [-0.39, 0.29) is 0 Å². The van der Waals surface area contributed by atoms with Gasteiger partial charge in [-0.25, -0.2) is 4.98 Å². The Kier molecular flexibility index (Phi) is 5.45. The molecule has 1 aliphatic carbocycles. The van der Waals surface area contributed by atoms with Crippen LogP contribution in [0.4, 0.5) is 5.82 Å². The number of pyridine rings is 1. The fourth-order valence-electron chi connectivity index (χ4n) is 3.62. The lowest BCUT2D eigenvalue weighted by atomic mass is 9.89. The molecule has 2 aliphatic rings. The number of anilines is 1. The van der Waals surface area contributed by atoms with E-state index in [1.807, 2.05) is 11.8 Å². The van der Waals surface area contributed by atoms with Gasteiger partial charge >= 0.3 is 0 Å². The molecule has 0 atom stereocenters. The Labute approximate surface area is 143 Å². The molecule has 1 aliphatic heterocycles. The maximum absolute atomic E-state index is 9.74. The Morgan fingerprint density at radius 3 is 2.48 bits per heavy atom. The van der Waals surface area contributed by atoms with Gasteiger partial charge < -0.3 is 4.90 Å². The molecular weight excluding hydrogens is 304 g/mol. The lowest BCUT2D eigenvalue weighted by Crippen LogP contribution is -3.06. The van der Waals surface area contributed by atoms with E-state index >= 15 is 0 Å². The average Bonchev–Trinajstić information content (AvgIpc) is 3.08. The maximum atomic E-state index is 9.74. The molecule has 124 valence electrons. The Morgan fingerprint density at radius 2 is 1.83 bits per heavy atom. The van der Waals surface area contributed by atoms with Gasteiger partial charge in [0.2, 0.25) is 0 Å². The average molecular weight is 333 g/mol. The molecule has 5 heteroatoms. The summed E-state index contributed by atoms with van der Waals surface area (Å²) in [6.07, 6.45) is 7.24. The summed E-state index contributed by atoms with van der Waals surface area (Å²) in [5, 5.41) is 10.8. The van der Waals surface area contributed by atoms with Crippen LogP contribution in [0.5, 0.6) is 0 Å². The number of thioether (sulfide) groups is 1. The van der Waals surface area contributed by atoms with Gasteiger partial charge in [0.25, 0.3) is 5.82 Å². The molecule has 0 saturated carbocycles. The van der Waals surface area contributed by atoms with Crippen LogP contribution in [0.3, 0.4) is 0 Å². The van der Waals surface area contributed by atoms with E-state index in [2.05, 4.69) is 30.0 Å². The summed E-state index contributed by atoms with van der Waals surface area (Å²) in [6.45, 7) is 3.42. The Hall–Kier alpha value is -1.25. The van der Waals surface area contributed by atoms with E-state index in [1.54, 1.807) is 0 Å². The number of aromatic nitrogens is 1. The van der Waals surface area contributed by atoms with Crippen LogP contribution in [0.1, 0.15) is 42.4 Å². The second-order valence-electron chi connectivity index (χ2n) is 6.95. The van der Waals surface area contributed by atoms with Crippen LogP contribution < -0.4 is 14.8 Å². The number of nitrogens with one attached hydrogen (secondary N) is 2. The molecule has 2 N–H and O–H groups in total. The van der Waals surface area contributed by atoms with Crippen molar-refractivity contribution >= 4 is 17.6 Å². The van der Waals surface area contributed by atoms with Crippen LogP contribution in [0.2, 0.25) is 0 Å². The highest BCUT2D eigenvalue weighted by atomic mass is 32.2. The van der Waals surface area contributed by atoms with E-state index in [1.165, 1.54) is 47.5 Å². The van der Waals surface area contributed by atoms with Crippen LogP contribution in [0.15, 0.2) is 5.03 Å². The third kappa shape index (κ3) is 3.64. The summed E-state index contributed by atoms with van der Waals surface area (Å²) in [6, 6.07) is 2.50. The van der Waals surface area contributed by atoms with Crippen molar-refractivity contribution in [2.24, 2.45) is 0 Å². The summed E-state index contributed by atoms with van der Waals surface area (Å²) >= 11 is 1.82. The van der Waals surface area contributed by atoms with E-state index < -0.39 is 0 Å². The molecule has 23 heavy (non-hydrogen) atoms. The first-order chi connectivity index (χ1) is 11.2. The summed E-state index contributed by atoms with van der Waals surface area (Å²) in [4.78, 5) is 7.62. The Bertz CT molecular complexity index is 600. The van der Waals surface area contributed by atoms with Gasteiger partial charge in [0, 0.05) is 5.56 Å². The zero-order chi connectivity index (χ0) is 16.2. The van der Waals surface area contributed by atoms with Gasteiger partial charge in [-0.15, -0.1) is 0 Å². The molecule has 0 aromatic carbocycles. The Balaban J connectivity index is 1.97. The number of hydrogen-bond donors (Lipinski definition) is 1. The minimum Gasteiger partial charge on any atom is -0.339 e. The zero-order valence-electron chi connectivity index (χ0n) is 14.4. The number of H-pyrrole nitrogens is 1. The van der Waals surface area contributed by atoms with Gasteiger partial charge in [0.05, 0.1) is 39.5 Å². The molecule has 0 spiro atoms. The van der Waals surface area contributed by atoms with Gasteiger partial charge in [0.1, 0.15) is 11.6 Å². The fraction of sp³-hybridized carbons (Fsp3) is 0.667. The van der Waals surface area contributed by atoms with Gasteiger partial charge in [-0.3, -0.25) is 4.90 Å². The van der Waals surface area contributed by atoms with Crippen LogP contribution in [0, 0.1) is 11.3 Å². The van der Waals surface area contributed by atoms with Gasteiger partial charge in [-0.2, -0.15) is 5.26 Å². The number of fused-ring (bicyclic) bond motifs is 1. The summed E-state index contributed by atoms with van der Waals surface area (Å²) in [5.41, 5.74) is 3.68. The molecule has 1 aromatic heterocycles.